The van der Waals surface area contributed by atoms with E-state index in [0.717, 1.165) is 18.5 Å². The first-order valence-corrected chi connectivity index (χ1v) is 10.5. The molecule has 0 spiro atoms. The number of rotatable bonds is 5. The molecule has 2 N–H and O–H groups in total. The molecule has 1 saturated carbocycles. The van der Waals surface area contributed by atoms with Crippen LogP contribution in [-0.4, -0.2) is 50.9 Å². The maximum atomic E-state index is 13.4. The van der Waals surface area contributed by atoms with Crippen molar-refractivity contribution in [2.24, 2.45) is 0 Å². The summed E-state index contributed by atoms with van der Waals surface area (Å²) in [6.07, 6.45) is 4.00. The molecule has 0 radical (unpaired) electrons. The highest BCUT2D eigenvalue weighted by atomic mass is 32.2. The summed E-state index contributed by atoms with van der Waals surface area (Å²) in [5.41, 5.74) is 1.54. The molecule has 1 aliphatic carbocycles. The molecule has 1 aliphatic heterocycles. The van der Waals surface area contributed by atoms with Crippen LogP contribution >= 0.6 is 11.8 Å². The van der Waals surface area contributed by atoms with Crippen LogP contribution in [0.5, 0.6) is 5.75 Å². The Labute approximate surface area is 167 Å². The summed E-state index contributed by atoms with van der Waals surface area (Å²) in [6.45, 7) is 1.06. The Hall–Kier alpha value is -2.32. The van der Waals surface area contributed by atoms with Gasteiger partial charge in [-0.15, -0.1) is 0 Å². The number of thioether (sulfide) groups is 1. The topological polar surface area (TPSA) is 87.5 Å². The van der Waals surface area contributed by atoms with Gasteiger partial charge in [0.2, 0.25) is 5.91 Å². The summed E-state index contributed by atoms with van der Waals surface area (Å²) in [7, 11) is 1.73. The van der Waals surface area contributed by atoms with Crippen molar-refractivity contribution >= 4 is 17.7 Å². The molecule has 0 saturated heterocycles. The number of hydrogen-bond donors (Lipinski definition) is 2. The summed E-state index contributed by atoms with van der Waals surface area (Å²) in [5.74, 6) is 0.00955. The molecule has 0 unspecified atom stereocenters. The molecule has 0 atom stereocenters. The molecule has 2 heterocycles. The van der Waals surface area contributed by atoms with Gasteiger partial charge >= 0.3 is 0 Å². The summed E-state index contributed by atoms with van der Waals surface area (Å²) >= 11 is 1.61. The maximum absolute atomic E-state index is 13.4. The third-order valence-electron chi connectivity index (χ3n) is 5.33. The van der Waals surface area contributed by atoms with Crippen molar-refractivity contribution in [3.63, 3.8) is 0 Å². The van der Waals surface area contributed by atoms with E-state index >= 15 is 0 Å². The first kappa shape index (κ1) is 19.0. The first-order valence-electron chi connectivity index (χ1n) is 9.60. The normalized spacial score (nSPS) is 16.5. The quantitative estimate of drug-likeness (QED) is 0.743. The lowest BCUT2D eigenvalue weighted by atomic mass is 10.0. The zero-order valence-electron chi connectivity index (χ0n) is 15.9. The Morgan fingerprint density at radius 1 is 1.36 bits per heavy atom. The van der Waals surface area contributed by atoms with Crippen molar-refractivity contribution in [2.75, 3.05) is 20.1 Å². The summed E-state index contributed by atoms with van der Waals surface area (Å²) in [4.78, 5) is 32.2. The minimum atomic E-state index is -0.199. The van der Waals surface area contributed by atoms with E-state index in [2.05, 4.69) is 5.32 Å². The number of phenolic OH excluding ortho intramolecular Hbond substituents is 1. The molecule has 148 valence electrons. The molecule has 8 heteroatoms. The smallest absolute Gasteiger partial charge is 0.264 e. The molecule has 7 nitrogen and oxygen atoms in total. The Balaban J connectivity index is 1.79. The summed E-state index contributed by atoms with van der Waals surface area (Å²) in [5, 5.41) is 14.3. The SMILES string of the molecule is CNCC(=O)N1CCc2nc(SC3CCC3)n(-c3ccccc3O)c(=O)c2C1. The second kappa shape index (κ2) is 7.97. The third kappa shape index (κ3) is 3.54. The number of phenols is 1. The number of nitrogens with zero attached hydrogens (tertiary/aromatic N) is 3. The Kier molecular flexibility index (Phi) is 5.41. The monoisotopic (exact) mass is 400 g/mol. The molecule has 0 bridgehead atoms. The molecule has 28 heavy (non-hydrogen) atoms. The van der Waals surface area contributed by atoms with Crippen LogP contribution in [0.3, 0.4) is 0 Å². The summed E-state index contributed by atoms with van der Waals surface area (Å²) < 4.78 is 1.52. The van der Waals surface area contributed by atoms with Crippen LogP contribution < -0.4 is 10.9 Å². The first-order chi connectivity index (χ1) is 13.6. The Morgan fingerprint density at radius 2 is 2.14 bits per heavy atom. The average molecular weight is 401 g/mol. The van der Waals surface area contributed by atoms with Gasteiger partial charge in [-0.1, -0.05) is 30.3 Å². The van der Waals surface area contributed by atoms with E-state index in [0.29, 0.717) is 34.6 Å². The van der Waals surface area contributed by atoms with E-state index in [4.69, 9.17) is 4.98 Å². The van der Waals surface area contributed by atoms with E-state index in [1.165, 1.54) is 11.0 Å². The van der Waals surface area contributed by atoms with Gasteiger partial charge in [0.25, 0.3) is 5.56 Å². The minimum Gasteiger partial charge on any atom is -0.506 e. The van der Waals surface area contributed by atoms with Crippen molar-refractivity contribution < 1.29 is 9.90 Å². The standard InChI is InChI=1S/C20H24N4O3S/c1-21-11-18(26)23-10-9-15-14(12-23)19(27)24(16-7-2-3-8-17(16)25)20(22-15)28-13-5-4-6-13/h2-3,7-8,13,21,25H,4-6,9-12H2,1H3. The lowest BCUT2D eigenvalue weighted by Gasteiger charge is -2.30. The van der Waals surface area contributed by atoms with Gasteiger partial charge in [0, 0.05) is 18.2 Å². The predicted octanol–water partition coefficient (Wildman–Crippen LogP) is 1.69. The molecular formula is C20H24N4O3S. The molecule has 1 aromatic carbocycles. The fourth-order valence-electron chi connectivity index (χ4n) is 3.51. The molecule has 2 aliphatic rings. The number of carbonyl (C=O) groups excluding carboxylic acids is 1. The number of nitrogens with one attached hydrogen (secondary N) is 1. The second-order valence-corrected chi connectivity index (χ2v) is 8.48. The van der Waals surface area contributed by atoms with E-state index in [9.17, 15) is 14.7 Å². The van der Waals surface area contributed by atoms with Gasteiger partial charge in [-0.2, -0.15) is 0 Å². The second-order valence-electron chi connectivity index (χ2n) is 7.22. The van der Waals surface area contributed by atoms with Gasteiger partial charge < -0.3 is 15.3 Å². The highest BCUT2D eigenvalue weighted by Gasteiger charge is 2.29. The van der Waals surface area contributed by atoms with Crippen LogP contribution in [0.25, 0.3) is 5.69 Å². The number of likely N-dealkylation sites (N-methyl/N-ethyl adjacent to an activating group) is 1. The molecule has 2 aromatic rings. The van der Waals surface area contributed by atoms with Gasteiger partial charge in [-0.05, 0) is 32.0 Å². The number of para-hydroxylation sites is 2. The van der Waals surface area contributed by atoms with E-state index in [1.807, 2.05) is 0 Å². The molecule has 1 aromatic heterocycles. The van der Waals surface area contributed by atoms with Crippen LogP contribution in [0, 0.1) is 0 Å². The summed E-state index contributed by atoms with van der Waals surface area (Å²) in [6, 6.07) is 6.82. The van der Waals surface area contributed by atoms with Gasteiger partial charge in [-0.25, -0.2) is 4.98 Å². The van der Waals surface area contributed by atoms with Crippen molar-refractivity contribution in [2.45, 2.75) is 42.6 Å². The highest BCUT2D eigenvalue weighted by Crippen LogP contribution is 2.37. The zero-order chi connectivity index (χ0) is 19.7. The lowest BCUT2D eigenvalue weighted by Crippen LogP contribution is -2.44. The van der Waals surface area contributed by atoms with Crippen molar-refractivity contribution in [1.82, 2.24) is 19.8 Å². The largest absolute Gasteiger partial charge is 0.506 e. The fraction of sp³-hybridized carbons (Fsp3) is 0.450. The molecule has 4 rings (SSSR count). The van der Waals surface area contributed by atoms with Gasteiger partial charge in [-0.3, -0.25) is 14.2 Å². The number of aromatic nitrogens is 2. The zero-order valence-corrected chi connectivity index (χ0v) is 16.7. The number of amides is 1. The molecular weight excluding hydrogens is 376 g/mol. The minimum absolute atomic E-state index is 0.0328. The third-order valence-corrected chi connectivity index (χ3v) is 6.62. The van der Waals surface area contributed by atoms with Crippen molar-refractivity contribution in [3.05, 3.63) is 45.9 Å². The van der Waals surface area contributed by atoms with Gasteiger partial charge in [0.05, 0.1) is 30.0 Å². The predicted molar refractivity (Wildman–Crippen MR) is 108 cm³/mol. The van der Waals surface area contributed by atoms with Crippen LogP contribution in [0.15, 0.2) is 34.2 Å². The number of benzene rings is 1. The molecule has 1 amide bonds. The van der Waals surface area contributed by atoms with Crippen LogP contribution in [0.4, 0.5) is 0 Å². The van der Waals surface area contributed by atoms with Crippen LogP contribution in [0.1, 0.15) is 30.5 Å². The van der Waals surface area contributed by atoms with Crippen LogP contribution in [-0.2, 0) is 17.8 Å². The van der Waals surface area contributed by atoms with Crippen molar-refractivity contribution in [1.29, 1.82) is 0 Å². The number of hydrogen-bond acceptors (Lipinski definition) is 6. The highest BCUT2D eigenvalue weighted by molar-refractivity contribution is 7.99. The molecule has 1 fully saturated rings. The lowest BCUT2D eigenvalue weighted by molar-refractivity contribution is -0.131. The van der Waals surface area contributed by atoms with E-state index in [-0.39, 0.29) is 30.3 Å². The number of fused-ring (bicyclic) bond motifs is 1. The average Bonchev–Trinajstić information content (AvgIpc) is 2.66. The number of aromatic hydroxyl groups is 1. The van der Waals surface area contributed by atoms with E-state index < -0.39 is 0 Å². The maximum Gasteiger partial charge on any atom is 0.264 e. The van der Waals surface area contributed by atoms with E-state index in [1.54, 1.807) is 48.0 Å². The van der Waals surface area contributed by atoms with Gasteiger partial charge in [0.1, 0.15) is 5.75 Å². The van der Waals surface area contributed by atoms with Crippen LogP contribution in [0.2, 0.25) is 0 Å². The Morgan fingerprint density at radius 3 is 2.82 bits per heavy atom. The fourth-order valence-corrected chi connectivity index (χ4v) is 4.83. The Bertz CT molecular complexity index is 955. The van der Waals surface area contributed by atoms with Crippen molar-refractivity contribution in [3.8, 4) is 11.4 Å². The number of carbonyl (C=O) groups is 1. The van der Waals surface area contributed by atoms with Gasteiger partial charge in [0.15, 0.2) is 5.16 Å².